The predicted molar refractivity (Wildman–Crippen MR) is 91.7 cm³/mol. The second-order valence-electron chi connectivity index (χ2n) is 5.02. The van der Waals surface area contributed by atoms with Gasteiger partial charge in [0.05, 0.1) is 18.4 Å². The van der Waals surface area contributed by atoms with Gasteiger partial charge in [0, 0.05) is 0 Å². The van der Waals surface area contributed by atoms with E-state index in [9.17, 15) is 4.79 Å². The Morgan fingerprint density at radius 3 is 2.42 bits per heavy atom. The lowest BCUT2D eigenvalue weighted by atomic mass is 10.1. The van der Waals surface area contributed by atoms with Crippen molar-refractivity contribution in [1.29, 1.82) is 0 Å². The molecule has 2 aromatic carbocycles. The van der Waals surface area contributed by atoms with Crippen molar-refractivity contribution in [2.75, 3.05) is 7.11 Å². The molecule has 0 aromatic heterocycles. The molecule has 124 valence electrons. The molecule has 24 heavy (non-hydrogen) atoms. The van der Waals surface area contributed by atoms with E-state index < -0.39 is 0 Å². The van der Waals surface area contributed by atoms with Crippen molar-refractivity contribution in [3.63, 3.8) is 0 Å². The molecule has 2 aromatic rings. The molecule has 5 heteroatoms. The van der Waals surface area contributed by atoms with E-state index >= 15 is 0 Å². The van der Waals surface area contributed by atoms with Crippen LogP contribution in [0, 0.1) is 0 Å². The highest BCUT2D eigenvalue weighted by atomic mass is 16.5. The van der Waals surface area contributed by atoms with Crippen LogP contribution < -0.4 is 10.2 Å². The molecular formula is C19H19NO4. The smallest absolute Gasteiger partial charge is 0.337 e. The van der Waals surface area contributed by atoms with E-state index in [0.29, 0.717) is 17.9 Å². The Bertz CT molecular complexity index is 718. The summed E-state index contributed by atoms with van der Waals surface area (Å²) in [5, 5.41) is 8.65. The summed E-state index contributed by atoms with van der Waals surface area (Å²) >= 11 is 0. The molecule has 2 rings (SSSR count). The molecule has 0 aliphatic rings. The zero-order valence-corrected chi connectivity index (χ0v) is 13.4. The van der Waals surface area contributed by atoms with Gasteiger partial charge in [-0.3, -0.25) is 10.7 Å². The third kappa shape index (κ3) is 5.00. The van der Waals surface area contributed by atoms with Crippen LogP contribution in [0.4, 0.5) is 0 Å². The molecule has 0 radical (unpaired) electrons. The van der Waals surface area contributed by atoms with Gasteiger partial charge in [0.2, 0.25) is 0 Å². The molecule has 0 unspecified atom stereocenters. The fourth-order valence-electron chi connectivity index (χ4n) is 1.93. The lowest BCUT2D eigenvalue weighted by Crippen LogP contribution is -2.02. The molecular weight excluding hydrogens is 306 g/mol. The lowest BCUT2D eigenvalue weighted by Gasteiger charge is -2.07. The number of ether oxygens (including phenoxy) is 2. The van der Waals surface area contributed by atoms with Crippen LogP contribution in [0.25, 0.3) is 6.08 Å². The topological polar surface area (TPSA) is 67.8 Å². The Morgan fingerprint density at radius 2 is 1.83 bits per heavy atom. The molecule has 0 aliphatic heterocycles. The van der Waals surface area contributed by atoms with Crippen LogP contribution in [0.1, 0.15) is 21.5 Å². The Labute approximate surface area is 140 Å². The first kappa shape index (κ1) is 17.3. The number of hydrogen-bond acceptors (Lipinski definition) is 5. The number of benzene rings is 2. The van der Waals surface area contributed by atoms with Crippen molar-refractivity contribution in [2.45, 2.75) is 6.61 Å². The third-order valence-corrected chi connectivity index (χ3v) is 3.28. The number of esters is 1. The number of methoxy groups -OCH3 is 1. The molecule has 0 heterocycles. The quantitative estimate of drug-likeness (QED) is 0.463. The first-order valence-corrected chi connectivity index (χ1v) is 7.29. The van der Waals surface area contributed by atoms with Crippen molar-refractivity contribution >= 4 is 12.0 Å². The van der Waals surface area contributed by atoms with Gasteiger partial charge >= 0.3 is 5.97 Å². The number of hydrogen-bond donors (Lipinski definition) is 2. The molecule has 5 nitrogen and oxygen atoms in total. The molecule has 0 amide bonds. The highest BCUT2D eigenvalue weighted by Crippen LogP contribution is 2.16. The minimum atomic E-state index is -0.356. The van der Waals surface area contributed by atoms with Gasteiger partial charge in [0.25, 0.3) is 0 Å². The summed E-state index contributed by atoms with van der Waals surface area (Å²) in [5.74, 6) is 0.383. The van der Waals surface area contributed by atoms with Gasteiger partial charge in [-0.05, 0) is 41.5 Å². The number of allylic oxidation sites excluding steroid dienone is 1. The summed E-state index contributed by atoms with van der Waals surface area (Å²) in [6.45, 7) is 3.99. The van der Waals surface area contributed by atoms with Crippen LogP contribution in [0.5, 0.6) is 5.75 Å². The Kier molecular flexibility index (Phi) is 6.16. The van der Waals surface area contributed by atoms with Gasteiger partial charge in [-0.1, -0.05) is 36.9 Å². The zero-order valence-electron chi connectivity index (χ0n) is 13.4. The highest BCUT2D eigenvalue weighted by molar-refractivity contribution is 5.89. The summed E-state index contributed by atoms with van der Waals surface area (Å²) in [7, 11) is 1.36. The van der Waals surface area contributed by atoms with Crippen molar-refractivity contribution in [2.24, 2.45) is 0 Å². The molecule has 0 aliphatic carbocycles. The van der Waals surface area contributed by atoms with Crippen molar-refractivity contribution in [3.05, 3.63) is 83.6 Å². The van der Waals surface area contributed by atoms with E-state index in [0.717, 1.165) is 16.9 Å². The number of hydroxylamine groups is 1. The van der Waals surface area contributed by atoms with Gasteiger partial charge in [-0.25, -0.2) is 4.79 Å². The molecule has 0 bridgehead atoms. The summed E-state index contributed by atoms with van der Waals surface area (Å²) in [6, 6.07) is 14.6. The highest BCUT2D eigenvalue weighted by Gasteiger charge is 2.04. The van der Waals surface area contributed by atoms with E-state index in [2.05, 4.69) is 11.3 Å². The van der Waals surface area contributed by atoms with Crippen molar-refractivity contribution < 1.29 is 19.5 Å². The second kappa shape index (κ2) is 8.55. The van der Waals surface area contributed by atoms with Gasteiger partial charge in [-0.15, -0.1) is 0 Å². The van der Waals surface area contributed by atoms with Gasteiger partial charge < -0.3 is 9.47 Å². The van der Waals surface area contributed by atoms with Crippen LogP contribution in [0.2, 0.25) is 0 Å². The third-order valence-electron chi connectivity index (χ3n) is 3.28. The molecule has 2 N–H and O–H groups in total. The minimum Gasteiger partial charge on any atom is -0.489 e. The average molecular weight is 325 g/mol. The second-order valence-corrected chi connectivity index (χ2v) is 5.02. The van der Waals surface area contributed by atoms with E-state index in [1.165, 1.54) is 7.11 Å². The summed E-state index contributed by atoms with van der Waals surface area (Å²) in [6.07, 6.45) is 3.49. The predicted octanol–water partition coefficient (Wildman–Crippen LogP) is 3.56. The maximum absolute atomic E-state index is 11.4. The van der Waals surface area contributed by atoms with E-state index in [1.54, 1.807) is 18.2 Å². The van der Waals surface area contributed by atoms with Gasteiger partial charge in [0.1, 0.15) is 12.4 Å². The fourth-order valence-corrected chi connectivity index (χ4v) is 1.93. The zero-order chi connectivity index (χ0) is 17.4. The van der Waals surface area contributed by atoms with Crippen LogP contribution in [-0.4, -0.2) is 18.3 Å². The van der Waals surface area contributed by atoms with E-state index in [1.807, 2.05) is 48.0 Å². The van der Waals surface area contributed by atoms with Gasteiger partial charge in [0.15, 0.2) is 0 Å². The molecule has 0 spiro atoms. The summed E-state index contributed by atoms with van der Waals surface area (Å²) in [5.41, 5.74) is 4.80. The molecule has 0 saturated carbocycles. The number of rotatable bonds is 7. The SMILES string of the molecule is C=C(C=Cc1ccc(OCc2ccc(C(=O)OC)cc2)cc1)NO. The van der Waals surface area contributed by atoms with Crippen molar-refractivity contribution in [3.8, 4) is 5.75 Å². The Morgan fingerprint density at radius 1 is 1.17 bits per heavy atom. The minimum absolute atomic E-state index is 0.356. The van der Waals surface area contributed by atoms with E-state index in [-0.39, 0.29) is 5.97 Å². The number of carbonyl (C=O) groups is 1. The van der Waals surface area contributed by atoms with Gasteiger partial charge in [-0.2, -0.15) is 0 Å². The van der Waals surface area contributed by atoms with Crippen LogP contribution in [-0.2, 0) is 11.3 Å². The number of nitrogens with one attached hydrogen (secondary N) is 1. The molecule has 0 atom stereocenters. The van der Waals surface area contributed by atoms with Crippen LogP contribution >= 0.6 is 0 Å². The lowest BCUT2D eigenvalue weighted by molar-refractivity contribution is 0.0600. The Hall–Kier alpha value is -3.05. The summed E-state index contributed by atoms with van der Waals surface area (Å²) in [4.78, 5) is 11.4. The van der Waals surface area contributed by atoms with Crippen molar-refractivity contribution in [1.82, 2.24) is 5.48 Å². The van der Waals surface area contributed by atoms with Crippen LogP contribution in [0.3, 0.4) is 0 Å². The fraction of sp³-hybridized carbons (Fsp3) is 0.105. The molecule has 0 fully saturated rings. The monoisotopic (exact) mass is 325 g/mol. The standard InChI is InChI=1S/C19H19NO4/c1-14(20-22)3-4-15-7-11-18(12-8-15)24-13-16-5-9-17(10-6-16)19(21)23-2/h3-12,20,22H,1,13H2,2H3. The largest absolute Gasteiger partial charge is 0.489 e. The number of carbonyl (C=O) groups excluding carboxylic acids is 1. The first-order valence-electron chi connectivity index (χ1n) is 7.29. The maximum Gasteiger partial charge on any atom is 0.337 e. The average Bonchev–Trinajstić information content (AvgIpc) is 2.65. The normalized spacial score (nSPS) is 10.4. The Balaban J connectivity index is 1.91. The van der Waals surface area contributed by atoms with E-state index in [4.69, 9.17) is 9.94 Å². The first-order chi connectivity index (χ1) is 11.6. The maximum atomic E-state index is 11.4. The van der Waals surface area contributed by atoms with Crippen LogP contribution in [0.15, 0.2) is 66.9 Å². The molecule has 0 saturated heterocycles. The summed E-state index contributed by atoms with van der Waals surface area (Å²) < 4.78 is 10.4.